The van der Waals surface area contributed by atoms with Crippen molar-refractivity contribution in [3.8, 4) is 29.0 Å². The van der Waals surface area contributed by atoms with Gasteiger partial charge in [-0.3, -0.25) is 0 Å². The number of hydrogen-bond donors (Lipinski definition) is 0. The molecule has 6 aromatic carbocycles. The summed E-state index contributed by atoms with van der Waals surface area (Å²) in [6, 6.07) is 52.3. The summed E-state index contributed by atoms with van der Waals surface area (Å²) in [5.74, 6) is 0. The monoisotopic (exact) mass is 546 g/mol. The normalized spacial score (nSPS) is 11.1. The fourth-order valence-electron chi connectivity index (χ4n) is 6.33. The first-order valence-electron chi connectivity index (χ1n) is 14.1. The van der Waals surface area contributed by atoms with E-state index < -0.39 is 0 Å². The fraction of sp³-hybridized carbons (Fsp3) is 0.0256. The van der Waals surface area contributed by atoms with Crippen LogP contribution in [0.1, 0.15) is 16.7 Å². The van der Waals surface area contributed by atoms with Gasteiger partial charge in [-0.25, -0.2) is 0 Å². The molecule has 4 heteroatoms. The fourth-order valence-corrected chi connectivity index (χ4v) is 6.33. The molecular formula is C39H22N4. The Morgan fingerprint density at radius 3 is 2.14 bits per heavy atom. The summed E-state index contributed by atoms with van der Waals surface area (Å²) < 4.78 is 4.57. The number of nitriles is 2. The molecule has 0 aliphatic rings. The zero-order chi connectivity index (χ0) is 28.9. The molecule has 4 nitrogen and oxygen atoms in total. The smallest absolute Gasteiger partial charge is 0.0991 e. The van der Waals surface area contributed by atoms with Crippen molar-refractivity contribution in [1.29, 1.82) is 10.5 Å². The van der Waals surface area contributed by atoms with Gasteiger partial charge in [0.05, 0.1) is 39.7 Å². The first-order valence-corrected chi connectivity index (χ1v) is 14.1. The van der Waals surface area contributed by atoms with Crippen LogP contribution in [0.4, 0.5) is 0 Å². The van der Waals surface area contributed by atoms with Gasteiger partial charge in [0, 0.05) is 39.4 Å². The molecule has 0 atom stereocenters. The second kappa shape index (κ2) is 9.67. The molecule has 0 spiro atoms. The molecule has 0 fully saturated rings. The van der Waals surface area contributed by atoms with E-state index in [2.05, 4.69) is 118 Å². The van der Waals surface area contributed by atoms with Gasteiger partial charge in [0.1, 0.15) is 0 Å². The molecule has 0 saturated carbocycles. The van der Waals surface area contributed by atoms with Crippen LogP contribution in [-0.4, -0.2) is 9.13 Å². The molecule has 198 valence electrons. The minimum atomic E-state index is 0.628. The molecular weight excluding hydrogens is 524 g/mol. The SMILES string of the molecule is N#Cc1ccc2c(c1)c1ccccc1n2Cc1cccc(-c2cccc(-n3c4ccc#cc4c4cc(C#N)ccc43)c2)c1. The zero-order valence-corrected chi connectivity index (χ0v) is 23.0. The molecule has 2 heterocycles. The lowest BCUT2D eigenvalue weighted by Gasteiger charge is -2.12. The molecule has 0 aliphatic carbocycles. The van der Waals surface area contributed by atoms with Crippen molar-refractivity contribution >= 4 is 43.6 Å². The van der Waals surface area contributed by atoms with Crippen LogP contribution < -0.4 is 0 Å². The maximum Gasteiger partial charge on any atom is 0.0991 e. The van der Waals surface area contributed by atoms with Crippen LogP contribution in [0.15, 0.2) is 121 Å². The minimum absolute atomic E-state index is 0.628. The number of rotatable bonds is 4. The van der Waals surface area contributed by atoms with Gasteiger partial charge in [0.15, 0.2) is 0 Å². The molecule has 43 heavy (non-hydrogen) atoms. The zero-order valence-electron chi connectivity index (χ0n) is 23.0. The van der Waals surface area contributed by atoms with Crippen molar-refractivity contribution in [3.63, 3.8) is 0 Å². The summed E-state index contributed by atoms with van der Waals surface area (Å²) in [6.07, 6.45) is 0. The first-order chi connectivity index (χ1) is 21.2. The standard InChI is InChI=1S/C39H22N4/c40-23-26-15-17-37-34(20-26)32-11-1-3-13-36(32)42(37)25-28-7-5-8-29(19-28)30-9-6-10-31(22-30)43-38-14-4-2-12-33(38)35-21-27(24-41)16-18-39(35)43/h1,3-11,13-22H,25H2. The van der Waals surface area contributed by atoms with E-state index in [1.807, 2.05) is 36.4 Å². The number of fused-ring (bicyclic) bond motifs is 6. The van der Waals surface area contributed by atoms with Gasteiger partial charge < -0.3 is 9.13 Å². The van der Waals surface area contributed by atoms with E-state index in [1.54, 1.807) is 0 Å². The largest absolute Gasteiger partial charge is 0.336 e. The molecule has 0 aliphatic heterocycles. The van der Waals surface area contributed by atoms with Gasteiger partial charge >= 0.3 is 0 Å². The molecule has 8 aromatic rings. The lowest BCUT2D eigenvalue weighted by atomic mass is 10.0. The number of para-hydroxylation sites is 1. The third kappa shape index (κ3) is 3.93. The predicted octanol–water partition coefficient (Wildman–Crippen LogP) is 8.95. The summed E-state index contributed by atoms with van der Waals surface area (Å²) >= 11 is 0. The topological polar surface area (TPSA) is 57.4 Å². The van der Waals surface area contributed by atoms with Crippen molar-refractivity contribution in [2.75, 3.05) is 0 Å². The van der Waals surface area contributed by atoms with Gasteiger partial charge in [-0.1, -0.05) is 60.7 Å². The minimum Gasteiger partial charge on any atom is -0.336 e. The molecule has 0 N–H and O–H groups in total. The number of nitrogens with zero attached hydrogens (tertiary/aromatic N) is 4. The highest BCUT2D eigenvalue weighted by molar-refractivity contribution is 6.09. The Morgan fingerprint density at radius 2 is 1.30 bits per heavy atom. The van der Waals surface area contributed by atoms with E-state index in [0.717, 1.165) is 60.4 Å². The third-order valence-corrected chi connectivity index (χ3v) is 8.26. The Balaban J connectivity index is 1.22. The summed E-state index contributed by atoms with van der Waals surface area (Å²) in [4.78, 5) is 0. The third-order valence-electron chi connectivity index (χ3n) is 8.26. The van der Waals surface area contributed by atoms with Gasteiger partial charge in [-0.05, 0) is 89.5 Å². The lowest BCUT2D eigenvalue weighted by molar-refractivity contribution is 0.869. The van der Waals surface area contributed by atoms with Crippen LogP contribution in [0, 0.1) is 34.8 Å². The highest BCUT2D eigenvalue weighted by atomic mass is 15.0. The Labute approximate surface area is 248 Å². The molecule has 0 saturated heterocycles. The van der Waals surface area contributed by atoms with Crippen molar-refractivity contribution in [3.05, 3.63) is 150 Å². The van der Waals surface area contributed by atoms with Crippen LogP contribution in [0.5, 0.6) is 0 Å². The van der Waals surface area contributed by atoms with E-state index in [1.165, 1.54) is 5.56 Å². The van der Waals surface area contributed by atoms with Gasteiger partial charge in [-0.15, -0.1) is 0 Å². The molecule has 2 aromatic heterocycles. The van der Waals surface area contributed by atoms with Crippen LogP contribution in [0.25, 0.3) is 60.4 Å². The van der Waals surface area contributed by atoms with Gasteiger partial charge in [0.25, 0.3) is 0 Å². The first kappa shape index (κ1) is 24.5. The molecule has 0 unspecified atom stereocenters. The Hall–Kier alpha value is -6.28. The maximum atomic E-state index is 9.50. The van der Waals surface area contributed by atoms with Crippen LogP contribution in [-0.2, 0) is 6.54 Å². The average molecular weight is 547 g/mol. The maximum absolute atomic E-state index is 9.50. The number of aromatic nitrogens is 2. The molecule has 8 rings (SSSR count). The quantitative estimate of drug-likeness (QED) is 0.221. The molecule has 0 amide bonds. The van der Waals surface area contributed by atoms with Crippen LogP contribution in [0.2, 0.25) is 0 Å². The summed E-state index contributed by atoms with van der Waals surface area (Å²) in [5.41, 5.74) is 10.1. The highest BCUT2D eigenvalue weighted by Gasteiger charge is 2.15. The van der Waals surface area contributed by atoms with Gasteiger partial charge in [0.2, 0.25) is 0 Å². The number of hydrogen-bond acceptors (Lipinski definition) is 2. The Kier molecular flexibility index (Phi) is 5.51. The van der Waals surface area contributed by atoms with Crippen molar-refractivity contribution in [2.24, 2.45) is 0 Å². The van der Waals surface area contributed by atoms with E-state index in [4.69, 9.17) is 0 Å². The Bertz CT molecular complexity index is 2460. The second-order valence-electron chi connectivity index (χ2n) is 10.7. The average Bonchev–Trinajstić information content (AvgIpc) is 3.57. The van der Waals surface area contributed by atoms with Gasteiger partial charge in [-0.2, -0.15) is 10.5 Å². The summed E-state index contributed by atoms with van der Waals surface area (Å²) in [5, 5.41) is 23.2. The molecule has 0 radical (unpaired) electrons. The lowest BCUT2D eigenvalue weighted by Crippen LogP contribution is -1.99. The number of benzene rings is 5. The van der Waals surface area contributed by atoms with E-state index in [0.29, 0.717) is 17.7 Å². The van der Waals surface area contributed by atoms with Crippen LogP contribution in [0.3, 0.4) is 0 Å². The summed E-state index contributed by atoms with van der Waals surface area (Å²) in [7, 11) is 0. The van der Waals surface area contributed by atoms with E-state index >= 15 is 0 Å². The van der Waals surface area contributed by atoms with E-state index in [-0.39, 0.29) is 0 Å². The second-order valence-corrected chi connectivity index (χ2v) is 10.7. The van der Waals surface area contributed by atoms with Crippen molar-refractivity contribution < 1.29 is 0 Å². The van der Waals surface area contributed by atoms with Crippen molar-refractivity contribution in [2.45, 2.75) is 6.54 Å². The molecule has 0 bridgehead atoms. The van der Waals surface area contributed by atoms with E-state index in [9.17, 15) is 10.5 Å². The predicted molar refractivity (Wildman–Crippen MR) is 172 cm³/mol. The Morgan fingerprint density at radius 1 is 0.581 bits per heavy atom. The van der Waals surface area contributed by atoms with Crippen LogP contribution >= 0.6 is 0 Å². The highest BCUT2D eigenvalue weighted by Crippen LogP contribution is 2.34. The summed E-state index contributed by atoms with van der Waals surface area (Å²) in [6.45, 7) is 0.712. The van der Waals surface area contributed by atoms with Crippen molar-refractivity contribution in [1.82, 2.24) is 9.13 Å².